The maximum Gasteiger partial charge on any atom is 0.243 e. The third kappa shape index (κ3) is 8.36. The van der Waals surface area contributed by atoms with Crippen LogP contribution in [-0.4, -0.2) is 71.9 Å². The molecule has 2 aliphatic rings. The molecule has 2 aromatic rings. The number of nitrogens with zero attached hydrogens (tertiary/aromatic N) is 1. The lowest BCUT2D eigenvalue weighted by Crippen LogP contribution is -2.57. The molecule has 2 aromatic carbocycles. The smallest absolute Gasteiger partial charge is 0.243 e. The molecule has 4 rings (SSSR count). The van der Waals surface area contributed by atoms with Crippen molar-refractivity contribution in [3.63, 3.8) is 0 Å². The summed E-state index contributed by atoms with van der Waals surface area (Å²) >= 11 is 0. The van der Waals surface area contributed by atoms with Crippen molar-refractivity contribution >= 4 is 11.8 Å². The summed E-state index contributed by atoms with van der Waals surface area (Å²) in [7, 11) is 0. The van der Waals surface area contributed by atoms with E-state index in [1.165, 1.54) is 12.1 Å². The van der Waals surface area contributed by atoms with E-state index < -0.39 is 29.8 Å². The topological polar surface area (TPSA) is 90.9 Å². The van der Waals surface area contributed by atoms with Gasteiger partial charge in [-0.25, -0.2) is 8.78 Å². The highest BCUT2D eigenvalue weighted by molar-refractivity contribution is 5.90. The number of likely N-dealkylation sites (tertiary alicyclic amines) is 1. The van der Waals surface area contributed by atoms with Gasteiger partial charge >= 0.3 is 0 Å². The summed E-state index contributed by atoms with van der Waals surface area (Å²) in [5.41, 5.74) is 1.38. The maximum atomic E-state index is 14.1. The van der Waals surface area contributed by atoms with Crippen molar-refractivity contribution in [2.45, 2.75) is 89.6 Å². The number of ether oxygens (including phenoxy) is 1. The standard InChI is InChI=1S/C33H45F2N3O4/c1-4-14-42-26-19-28(36-20-26)31(39)29(17-23-15-24(34)18-25(35)16-23)37-32(40)30(11-10-22-8-6-5-7-9-22)38-13-12-27(21(2)3)33(38)41/h5-9,15-16,18,21,26-31,36,39H,4,10-14,17,19-20H2,1-3H3,(H,37,40)/t26-,27?,28-,29+,30?,31-/m1/s1. The number of aliphatic hydroxyl groups excluding tert-OH is 1. The first kappa shape index (κ1) is 32.0. The summed E-state index contributed by atoms with van der Waals surface area (Å²) in [6.07, 6.45) is 2.02. The summed E-state index contributed by atoms with van der Waals surface area (Å²) in [5.74, 6) is -1.83. The van der Waals surface area contributed by atoms with Crippen LogP contribution in [0.5, 0.6) is 0 Å². The van der Waals surface area contributed by atoms with Crippen LogP contribution in [0.3, 0.4) is 0 Å². The highest BCUT2D eigenvalue weighted by Crippen LogP contribution is 2.29. The summed E-state index contributed by atoms with van der Waals surface area (Å²) in [4.78, 5) is 29.1. The Kier molecular flexibility index (Phi) is 11.5. The second-order valence-electron chi connectivity index (χ2n) is 12.0. The molecule has 6 atom stereocenters. The van der Waals surface area contributed by atoms with Crippen molar-refractivity contribution in [2.75, 3.05) is 19.7 Å². The van der Waals surface area contributed by atoms with E-state index >= 15 is 0 Å². The fraction of sp³-hybridized carbons (Fsp3) is 0.576. The van der Waals surface area contributed by atoms with Gasteiger partial charge in [0.05, 0.1) is 18.2 Å². The molecule has 0 radical (unpaired) electrons. The van der Waals surface area contributed by atoms with Crippen molar-refractivity contribution in [1.29, 1.82) is 0 Å². The Hall–Kier alpha value is -2.88. The lowest BCUT2D eigenvalue weighted by Gasteiger charge is -2.33. The number of hydrogen-bond donors (Lipinski definition) is 3. The fourth-order valence-corrected chi connectivity index (χ4v) is 6.23. The monoisotopic (exact) mass is 585 g/mol. The van der Waals surface area contributed by atoms with Crippen LogP contribution in [-0.2, 0) is 27.2 Å². The number of nitrogens with one attached hydrogen (secondary N) is 2. The largest absolute Gasteiger partial charge is 0.389 e. The number of carbonyl (C=O) groups excluding carboxylic acids is 2. The zero-order chi connectivity index (χ0) is 30.2. The summed E-state index contributed by atoms with van der Waals surface area (Å²) in [6.45, 7) is 7.72. The molecule has 2 saturated heterocycles. The third-order valence-corrected chi connectivity index (χ3v) is 8.53. The van der Waals surface area contributed by atoms with Gasteiger partial charge in [0.25, 0.3) is 0 Å². The van der Waals surface area contributed by atoms with E-state index in [2.05, 4.69) is 10.6 Å². The van der Waals surface area contributed by atoms with Crippen LogP contribution < -0.4 is 10.6 Å². The minimum absolute atomic E-state index is 0.0220. The molecule has 7 nitrogen and oxygen atoms in total. The molecular formula is C33H45F2N3O4. The minimum Gasteiger partial charge on any atom is -0.389 e. The van der Waals surface area contributed by atoms with Crippen LogP contribution in [0.1, 0.15) is 57.6 Å². The van der Waals surface area contributed by atoms with Gasteiger partial charge in [0.2, 0.25) is 11.8 Å². The first-order valence-corrected chi connectivity index (χ1v) is 15.3. The van der Waals surface area contributed by atoms with E-state index in [4.69, 9.17) is 4.74 Å². The number of hydrogen-bond acceptors (Lipinski definition) is 5. The number of amides is 2. The van der Waals surface area contributed by atoms with E-state index in [0.717, 1.165) is 18.1 Å². The van der Waals surface area contributed by atoms with E-state index in [1.807, 2.05) is 51.1 Å². The van der Waals surface area contributed by atoms with Crippen LogP contribution in [0.15, 0.2) is 48.5 Å². The van der Waals surface area contributed by atoms with Gasteiger partial charge in [-0.1, -0.05) is 51.1 Å². The molecule has 2 unspecified atom stereocenters. The molecule has 0 bridgehead atoms. The van der Waals surface area contributed by atoms with E-state index in [0.29, 0.717) is 50.9 Å². The van der Waals surface area contributed by atoms with Gasteiger partial charge in [-0.3, -0.25) is 9.59 Å². The Bertz CT molecular complexity index is 1160. The first-order chi connectivity index (χ1) is 20.2. The normalized spacial score (nSPS) is 22.9. The molecule has 0 saturated carbocycles. The Balaban J connectivity index is 1.56. The van der Waals surface area contributed by atoms with Crippen LogP contribution in [0.25, 0.3) is 0 Å². The molecule has 0 aliphatic carbocycles. The number of aliphatic hydroxyl groups is 1. The van der Waals surface area contributed by atoms with Gasteiger partial charge < -0.3 is 25.4 Å². The number of halogens is 2. The quantitative estimate of drug-likeness (QED) is 0.312. The molecule has 9 heteroatoms. The van der Waals surface area contributed by atoms with Gasteiger partial charge in [-0.05, 0) is 67.7 Å². The number of carbonyl (C=O) groups is 2. The summed E-state index contributed by atoms with van der Waals surface area (Å²) in [5, 5.41) is 17.8. The van der Waals surface area contributed by atoms with Crippen molar-refractivity contribution in [3.8, 4) is 0 Å². The van der Waals surface area contributed by atoms with E-state index in [-0.39, 0.29) is 42.2 Å². The van der Waals surface area contributed by atoms with Crippen LogP contribution in [0, 0.1) is 23.5 Å². The van der Waals surface area contributed by atoms with Gasteiger partial charge in [0, 0.05) is 37.7 Å². The zero-order valence-electron chi connectivity index (χ0n) is 24.9. The molecule has 230 valence electrons. The second-order valence-corrected chi connectivity index (χ2v) is 12.0. The van der Waals surface area contributed by atoms with Crippen LogP contribution in [0.4, 0.5) is 8.78 Å². The molecule has 42 heavy (non-hydrogen) atoms. The minimum atomic E-state index is -1.05. The van der Waals surface area contributed by atoms with E-state index in [9.17, 15) is 23.5 Å². The number of benzene rings is 2. The third-order valence-electron chi connectivity index (χ3n) is 8.53. The SMILES string of the molecule is CCCO[C@H]1CN[C@@H]([C@@H](O)[C@H](Cc2cc(F)cc(F)c2)NC(=O)C(CCc2ccccc2)N2CCC(C(C)C)C2=O)C1. The Morgan fingerprint density at radius 2 is 1.86 bits per heavy atom. The first-order valence-electron chi connectivity index (χ1n) is 15.3. The number of aryl methyl sites for hydroxylation is 1. The molecule has 2 heterocycles. The van der Waals surface area contributed by atoms with Crippen molar-refractivity contribution in [2.24, 2.45) is 11.8 Å². The zero-order valence-corrected chi connectivity index (χ0v) is 24.9. The number of rotatable bonds is 14. The predicted octanol–water partition coefficient (Wildman–Crippen LogP) is 4.02. The van der Waals surface area contributed by atoms with Gasteiger partial charge in [0.1, 0.15) is 17.7 Å². The van der Waals surface area contributed by atoms with Gasteiger partial charge in [-0.2, -0.15) is 0 Å². The average molecular weight is 586 g/mol. The molecule has 3 N–H and O–H groups in total. The highest BCUT2D eigenvalue weighted by atomic mass is 19.1. The second kappa shape index (κ2) is 15.0. The Morgan fingerprint density at radius 1 is 1.14 bits per heavy atom. The van der Waals surface area contributed by atoms with Crippen LogP contribution >= 0.6 is 0 Å². The predicted molar refractivity (Wildman–Crippen MR) is 158 cm³/mol. The average Bonchev–Trinajstić information content (AvgIpc) is 3.58. The van der Waals surface area contributed by atoms with Crippen molar-refractivity contribution in [3.05, 3.63) is 71.3 Å². The molecule has 2 amide bonds. The molecule has 2 fully saturated rings. The lowest BCUT2D eigenvalue weighted by atomic mass is 9.93. The van der Waals surface area contributed by atoms with Crippen molar-refractivity contribution in [1.82, 2.24) is 15.5 Å². The van der Waals surface area contributed by atoms with Gasteiger partial charge in [0.15, 0.2) is 0 Å². The lowest BCUT2D eigenvalue weighted by molar-refractivity contribution is -0.141. The molecule has 2 aliphatic heterocycles. The van der Waals surface area contributed by atoms with Gasteiger partial charge in [-0.15, -0.1) is 0 Å². The van der Waals surface area contributed by atoms with E-state index in [1.54, 1.807) is 4.90 Å². The molecule has 0 spiro atoms. The summed E-state index contributed by atoms with van der Waals surface area (Å²) in [6, 6.07) is 11.1. The Morgan fingerprint density at radius 3 is 2.50 bits per heavy atom. The van der Waals surface area contributed by atoms with Crippen molar-refractivity contribution < 1.29 is 28.2 Å². The summed E-state index contributed by atoms with van der Waals surface area (Å²) < 4.78 is 34.0. The highest BCUT2D eigenvalue weighted by Gasteiger charge is 2.41. The fourth-order valence-electron chi connectivity index (χ4n) is 6.23. The van der Waals surface area contributed by atoms with Crippen LogP contribution in [0.2, 0.25) is 0 Å². The molecule has 0 aromatic heterocycles. The molecular weight excluding hydrogens is 540 g/mol. The maximum absolute atomic E-state index is 14.1. The Labute approximate surface area is 248 Å².